The highest BCUT2D eigenvalue weighted by Crippen LogP contribution is 2.46. The number of amides is 1. The number of benzene rings is 2. The van der Waals surface area contributed by atoms with E-state index in [0.717, 1.165) is 10.9 Å². The number of carbonyl (C=O) groups excluding carboxylic acids is 2. The van der Waals surface area contributed by atoms with Gasteiger partial charge in [0.25, 0.3) is 0 Å². The summed E-state index contributed by atoms with van der Waals surface area (Å²) in [4.78, 5) is 30.1. The van der Waals surface area contributed by atoms with Gasteiger partial charge in [-0.3, -0.25) is 14.3 Å². The molecule has 0 radical (unpaired) electrons. The third-order valence-electron chi connectivity index (χ3n) is 7.20. The first-order valence-electron chi connectivity index (χ1n) is 11.9. The van der Waals surface area contributed by atoms with Crippen LogP contribution in [0.5, 0.6) is 5.75 Å². The molecule has 2 atom stereocenters. The van der Waals surface area contributed by atoms with E-state index in [1.54, 1.807) is 55.1 Å². The van der Waals surface area contributed by atoms with E-state index in [0.29, 0.717) is 28.1 Å². The van der Waals surface area contributed by atoms with E-state index in [1.165, 1.54) is 12.1 Å². The molecule has 3 N–H and O–H groups in total. The maximum absolute atomic E-state index is 13.6. The molecule has 2 aromatic carbocycles. The van der Waals surface area contributed by atoms with Crippen molar-refractivity contribution < 1.29 is 23.8 Å². The second kappa shape index (κ2) is 8.77. The van der Waals surface area contributed by atoms with Gasteiger partial charge in [0.1, 0.15) is 34.9 Å². The van der Waals surface area contributed by atoms with Crippen LogP contribution in [0, 0.1) is 5.82 Å². The Morgan fingerprint density at radius 3 is 2.65 bits per heavy atom. The molecule has 8 nitrogen and oxygen atoms in total. The number of aromatic nitrogens is 3. The average Bonchev–Trinajstić information content (AvgIpc) is 3.43. The molecule has 2 aromatic heterocycles. The lowest BCUT2D eigenvalue weighted by atomic mass is 9.81. The summed E-state index contributed by atoms with van der Waals surface area (Å²) < 4.78 is 21.1. The van der Waals surface area contributed by atoms with Crippen molar-refractivity contribution in [1.82, 2.24) is 14.8 Å². The summed E-state index contributed by atoms with van der Waals surface area (Å²) in [5, 5.41) is 16.6. The second-order valence-corrected chi connectivity index (χ2v) is 9.96. The maximum atomic E-state index is 13.6. The van der Waals surface area contributed by atoms with E-state index in [4.69, 9.17) is 10.5 Å². The molecular formula is C28H27FN4O4. The van der Waals surface area contributed by atoms with Gasteiger partial charge in [0.2, 0.25) is 5.91 Å². The predicted molar refractivity (Wildman–Crippen MR) is 136 cm³/mol. The van der Waals surface area contributed by atoms with Gasteiger partial charge < -0.3 is 15.6 Å². The first-order chi connectivity index (χ1) is 17.5. The SMILES string of the molecule is Cn1ncc2ccc(C(=O)CC[C@](C)(O)c3cc4c(c(-c5ccc(F)cc5)n3)OC[C@]4(C)C(N)=O)cc21. The Morgan fingerprint density at radius 2 is 1.95 bits per heavy atom. The van der Waals surface area contributed by atoms with E-state index >= 15 is 0 Å². The Bertz CT molecular complexity index is 1540. The fourth-order valence-electron chi connectivity index (χ4n) is 4.61. The molecule has 0 spiro atoms. The number of halogens is 1. The lowest BCUT2D eigenvalue weighted by molar-refractivity contribution is -0.123. The molecule has 0 bridgehead atoms. The number of nitrogens with zero attached hydrogens (tertiary/aromatic N) is 3. The van der Waals surface area contributed by atoms with Gasteiger partial charge in [-0.25, -0.2) is 9.37 Å². The zero-order valence-corrected chi connectivity index (χ0v) is 20.8. The minimum atomic E-state index is -1.52. The Kier molecular flexibility index (Phi) is 5.83. The summed E-state index contributed by atoms with van der Waals surface area (Å²) in [5.41, 5.74) is 6.12. The zero-order chi connectivity index (χ0) is 26.5. The fraction of sp³-hybridized carbons (Fsp3) is 0.286. The van der Waals surface area contributed by atoms with Gasteiger partial charge in [-0.15, -0.1) is 0 Å². The van der Waals surface area contributed by atoms with E-state index in [2.05, 4.69) is 10.1 Å². The van der Waals surface area contributed by atoms with Crippen LogP contribution in [0.3, 0.4) is 0 Å². The smallest absolute Gasteiger partial charge is 0.231 e. The van der Waals surface area contributed by atoms with Gasteiger partial charge in [-0.2, -0.15) is 5.10 Å². The van der Waals surface area contributed by atoms with Crippen LogP contribution in [0.2, 0.25) is 0 Å². The molecule has 0 saturated carbocycles. The molecule has 5 rings (SSSR count). The van der Waals surface area contributed by atoms with Crippen LogP contribution in [0.4, 0.5) is 4.39 Å². The standard InChI is InChI=1S/C28H27FN4O4/c1-27(26(30)35)15-37-25-20(27)13-23(32-24(25)16-6-8-19(29)9-7-16)28(2,36)11-10-22(34)17-4-5-18-14-31-33(3)21(18)12-17/h4-9,12-14,36H,10-11,15H2,1-3H3,(H2,30,35)/t27-,28-/m0/s1. The topological polar surface area (TPSA) is 120 Å². The summed E-state index contributed by atoms with van der Waals surface area (Å²) in [6.45, 7) is 3.27. The van der Waals surface area contributed by atoms with Crippen LogP contribution >= 0.6 is 0 Å². The molecular weight excluding hydrogens is 475 g/mol. The Hall–Kier alpha value is -4.11. The van der Waals surface area contributed by atoms with Gasteiger partial charge in [-0.1, -0.05) is 12.1 Å². The first kappa shape index (κ1) is 24.6. The summed E-state index contributed by atoms with van der Waals surface area (Å²) >= 11 is 0. The number of hydrogen-bond acceptors (Lipinski definition) is 6. The molecule has 1 aliphatic heterocycles. The molecule has 37 heavy (non-hydrogen) atoms. The summed E-state index contributed by atoms with van der Waals surface area (Å²) in [6, 6.07) is 12.7. The molecule has 1 aliphatic rings. The normalized spacial score (nSPS) is 18.3. The van der Waals surface area contributed by atoms with Crippen LogP contribution in [-0.4, -0.2) is 38.2 Å². The number of hydrogen-bond donors (Lipinski definition) is 2. The number of aryl methyl sites for hydroxylation is 1. The van der Waals surface area contributed by atoms with Gasteiger partial charge in [0.15, 0.2) is 5.78 Å². The molecule has 0 fully saturated rings. The molecule has 0 saturated heterocycles. The van der Waals surface area contributed by atoms with Crippen LogP contribution in [0.25, 0.3) is 22.2 Å². The van der Waals surface area contributed by atoms with Crippen molar-refractivity contribution in [2.45, 2.75) is 37.7 Å². The number of primary amides is 1. The quantitative estimate of drug-likeness (QED) is 0.371. The largest absolute Gasteiger partial charge is 0.489 e. The maximum Gasteiger partial charge on any atom is 0.231 e. The van der Waals surface area contributed by atoms with Crippen molar-refractivity contribution in [3.05, 3.63) is 77.4 Å². The summed E-state index contributed by atoms with van der Waals surface area (Å²) in [7, 11) is 1.81. The molecule has 190 valence electrons. The highest BCUT2D eigenvalue weighted by molar-refractivity contribution is 5.99. The third kappa shape index (κ3) is 4.25. The molecule has 4 aromatic rings. The van der Waals surface area contributed by atoms with Crippen molar-refractivity contribution >= 4 is 22.6 Å². The number of Topliss-reactive ketones (excluding diaryl/α,β-unsaturated/α-hetero) is 1. The van der Waals surface area contributed by atoms with Crippen molar-refractivity contribution in [2.24, 2.45) is 12.8 Å². The number of nitrogens with two attached hydrogens (primary N) is 1. The number of aliphatic hydroxyl groups is 1. The van der Waals surface area contributed by atoms with Gasteiger partial charge in [0.05, 0.1) is 17.4 Å². The van der Waals surface area contributed by atoms with E-state index < -0.39 is 22.7 Å². The third-order valence-corrected chi connectivity index (χ3v) is 7.20. The highest BCUT2D eigenvalue weighted by atomic mass is 19.1. The van der Waals surface area contributed by atoms with Gasteiger partial charge in [-0.05, 0) is 56.7 Å². The minimum Gasteiger partial charge on any atom is -0.489 e. The Morgan fingerprint density at radius 1 is 1.22 bits per heavy atom. The lowest BCUT2D eigenvalue weighted by Crippen LogP contribution is -2.40. The average molecular weight is 503 g/mol. The molecule has 0 aliphatic carbocycles. The summed E-state index contributed by atoms with van der Waals surface area (Å²) in [5.74, 6) is -0.746. The van der Waals surface area contributed by atoms with Crippen LogP contribution < -0.4 is 10.5 Å². The summed E-state index contributed by atoms with van der Waals surface area (Å²) in [6.07, 6.45) is 1.87. The minimum absolute atomic E-state index is 0.0219. The van der Waals surface area contributed by atoms with Gasteiger partial charge in [0, 0.05) is 35.5 Å². The number of carbonyl (C=O) groups is 2. The predicted octanol–water partition coefficient (Wildman–Crippen LogP) is 3.78. The first-order valence-corrected chi connectivity index (χ1v) is 11.9. The molecule has 9 heteroatoms. The lowest BCUT2D eigenvalue weighted by Gasteiger charge is -2.26. The van der Waals surface area contributed by atoms with E-state index in [9.17, 15) is 19.1 Å². The van der Waals surface area contributed by atoms with E-state index in [-0.39, 0.29) is 30.9 Å². The molecule has 3 heterocycles. The molecule has 0 unspecified atom stereocenters. The number of pyridine rings is 1. The van der Waals surface area contributed by atoms with Crippen LogP contribution in [0.1, 0.15) is 48.3 Å². The van der Waals surface area contributed by atoms with Crippen molar-refractivity contribution in [3.8, 4) is 17.0 Å². The zero-order valence-electron chi connectivity index (χ0n) is 20.8. The Balaban J connectivity index is 1.49. The fourth-order valence-corrected chi connectivity index (χ4v) is 4.61. The number of ether oxygens (including phenoxy) is 1. The van der Waals surface area contributed by atoms with Crippen molar-refractivity contribution in [2.75, 3.05) is 6.61 Å². The Labute approximate surface area is 212 Å². The van der Waals surface area contributed by atoms with Crippen LogP contribution in [0.15, 0.2) is 54.7 Å². The van der Waals surface area contributed by atoms with Crippen molar-refractivity contribution in [1.29, 1.82) is 0 Å². The second-order valence-electron chi connectivity index (χ2n) is 9.96. The number of fused-ring (bicyclic) bond motifs is 2. The highest BCUT2D eigenvalue weighted by Gasteiger charge is 2.45. The monoisotopic (exact) mass is 502 g/mol. The van der Waals surface area contributed by atoms with Crippen LogP contribution in [-0.2, 0) is 22.9 Å². The van der Waals surface area contributed by atoms with Crippen molar-refractivity contribution in [3.63, 3.8) is 0 Å². The van der Waals surface area contributed by atoms with E-state index in [1.807, 2.05) is 13.1 Å². The number of ketones is 1. The van der Waals surface area contributed by atoms with Gasteiger partial charge >= 0.3 is 0 Å². The number of rotatable bonds is 7. The molecule has 1 amide bonds.